The van der Waals surface area contributed by atoms with Gasteiger partial charge < -0.3 is 9.84 Å². The monoisotopic (exact) mass is 329 g/mol. The molecule has 2 unspecified atom stereocenters. The topological polar surface area (TPSA) is 32.7 Å². The molecule has 2 bridgehead atoms. The number of piperidine rings is 1. The van der Waals surface area contributed by atoms with Crippen LogP contribution in [0, 0.1) is 5.92 Å². The van der Waals surface area contributed by atoms with Crippen molar-refractivity contribution in [1.82, 2.24) is 4.90 Å². The third kappa shape index (κ3) is 3.40. The van der Waals surface area contributed by atoms with E-state index in [4.69, 9.17) is 4.74 Å². The Labute approximate surface area is 146 Å². The Bertz CT molecular complexity index is 510. The van der Waals surface area contributed by atoms with Crippen molar-refractivity contribution >= 4 is 0 Å². The van der Waals surface area contributed by atoms with Crippen LogP contribution in [0.2, 0.25) is 0 Å². The number of morpholine rings is 1. The summed E-state index contributed by atoms with van der Waals surface area (Å²) in [6, 6.07) is 11.5. The van der Waals surface area contributed by atoms with Gasteiger partial charge in [-0.3, -0.25) is 4.90 Å². The highest BCUT2D eigenvalue weighted by Crippen LogP contribution is 2.43. The lowest BCUT2D eigenvalue weighted by Gasteiger charge is -2.54. The predicted molar refractivity (Wildman–Crippen MR) is 95.8 cm³/mol. The van der Waals surface area contributed by atoms with E-state index in [-0.39, 0.29) is 0 Å². The van der Waals surface area contributed by atoms with Crippen molar-refractivity contribution in [3.05, 3.63) is 35.9 Å². The van der Waals surface area contributed by atoms with Gasteiger partial charge in [-0.25, -0.2) is 0 Å². The minimum atomic E-state index is -0.462. The predicted octanol–water partition coefficient (Wildman–Crippen LogP) is 3.75. The van der Waals surface area contributed by atoms with Crippen LogP contribution in [0.1, 0.15) is 56.9 Å². The van der Waals surface area contributed by atoms with E-state index in [1.165, 1.54) is 44.1 Å². The highest BCUT2D eigenvalue weighted by molar-refractivity contribution is 5.16. The summed E-state index contributed by atoms with van der Waals surface area (Å²) in [7, 11) is 0. The number of aliphatic hydroxyl groups is 1. The molecule has 0 aromatic heterocycles. The van der Waals surface area contributed by atoms with Gasteiger partial charge in [0, 0.05) is 18.6 Å². The van der Waals surface area contributed by atoms with E-state index in [0.29, 0.717) is 18.0 Å². The second-order valence-corrected chi connectivity index (χ2v) is 8.20. The molecule has 1 N–H and O–H groups in total. The molecular weight excluding hydrogens is 298 g/mol. The SMILES string of the molecule is OC1(C2CCCCCC2)CC2COCC(C1)N2Cc1ccccc1. The number of hydrogen-bond donors (Lipinski definition) is 1. The minimum Gasteiger partial charge on any atom is -0.389 e. The van der Waals surface area contributed by atoms with E-state index >= 15 is 0 Å². The largest absolute Gasteiger partial charge is 0.389 e. The van der Waals surface area contributed by atoms with Gasteiger partial charge in [0.1, 0.15) is 0 Å². The minimum absolute atomic E-state index is 0.367. The summed E-state index contributed by atoms with van der Waals surface area (Å²) in [6.45, 7) is 2.54. The zero-order chi connectivity index (χ0) is 16.4. The number of nitrogens with zero attached hydrogens (tertiary/aromatic N) is 1. The van der Waals surface area contributed by atoms with Gasteiger partial charge in [0.25, 0.3) is 0 Å². The molecule has 2 heterocycles. The van der Waals surface area contributed by atoms with Crippen molar-refractivity contribution in [1.29, 1.82) is 0 Å². The van der Waals surface area contributed by atoms with Gasteiger partial charge in [0.05, 0.1) is 18.8 Å². The zero-order valence-corrected chi connectivity index (χ0v) is 14.7. The van der Waals surface area contributed by atoms with Crippen molar-refractivity contribution in [3.8, 4) is 0 Å². The highest BCUT2D eigenvalue weighted by atomic mass is 16.5. The average Bonchev–Trinajstić information content (AvgIpc) is 2.87. The first-order valence-electron chi connectivity index (χ1n) is 9.84. The first kappa shape index (κ1) is 16.6. The smallest absolute Gasteiger partial charge is 0.0707 e. The molecule has 3 aliphatic rings. The van der Waals surface area contributed by atoms with Crippen LogP contribution in [0.25, 0.3) is 0 Å². The third-order valence-electron chi connectivity index (χ3n) is 6.56. The fourth-order valence-corrected chi connectivity index (χ4v) is 5.28. The third-order valence-corrected chi connectivity index (χ3v) is 6.56. The van der Waals surface area contributed by atoms with Gasteiger partial charge in [0.15, 0.2) is 0 Å². The molecule has 2 atom stereocenters. The van der Waals surface area contributed by atoms with Crippen molar-refractivity contribution in [3.63, 3.8) is 0 Å². The summed E-state index contributed by atoms with van der Waals surface area (Å²) >= 11 is 0. The molecule has 0 amide bonds. The van der Waals surface area contributed by atoms with Gasteiger partial charge in [-0.15, -0.1) is 0 Å². The van der Waals surface area contributed by atoms with Crippen LogP contribution >= 0.6 is 0 Å². The molecule has 1 aliphatic carbocycles. The first-order chi connectivity index (χ1) is 11.7. The van der Waals surface area contributed by atoms with E-state index in [1.807, 2.05) is 0 Å². The Morgan fingerprint density at radius 2 is 1.58 bits per heavy atom. The van der Waals surface area contributed by atoms with Crippen molar-refractivity contribution in [2.24, 2.45) is 5.92 Å². The van der Waals surface area contributed by atoms with Crippen LogP contribution in [0.4, 0.5) is 0 Å². The Balaban J connectivity index is 1.49. The van der Waals surface area contributed by atoms with Crippen LogP contribution in [0.15, 0.2) is 30.3 Å². The molecule has 24 heavy (non-hydrogen) atoms. The fraction of sp³-hybridized carbons (Fsp3) is 0.714. The number of fused-ring (bicyclic) bond motifs is 2. The molecule has 3 fully saturated rings. The molecule has 2 saturated heterocycles. The van der Waals surface area contributed by atoms with Crippen molar-refractivity contribution in [2.45, 2.75) is 75.6 Å². The summed E-state index contributed by atoms with van der Waals surface area (Å²) in [5, 5.41) is 11.5. The Morgan fingerprint density at radius 3 is 2.21 bits per heavy atom. The van der Waals surface area contributed by atoms with Crippen molar-refractivity contribution < 1.29 is 9.84 Å². The molecular formula is C21H31NO2. The van der Waals surface area contributed by atoms with Crippen LogP contribution in [-0.2, 0) is 11.3 Å². The van der Waals surface area contributed by atoms with Gasteiger partial charge in [-0.1, -0.05) is 56.0 Å². The molecule has 132 valence electrons. The van der Waals surface area contributed by atoms with Gasteiger partial charge in [-0.05, 0) is 37.2 Å². The summed E-state index contributed by atoms with van der Waals surface area (Å²) in [5.74, 6) is 0.502. The van der Waals surface area contributed by atoms with E-state index in [0.717, 1.165) is 32.6 Å². The lowest BCUT2D eigenvalue weighted by molar-refractivity contribution is -0.166. The molecule has 1 aromatic carbocycles. The second kappa shape index (κ2) is 7.15. The van der Waals surface area contributed by atoms with E-state index in [2.05, 4.69) is 35.2 Å². The number of hydrogen-bond acceptors (Lipinski definition) is 3. The fourth-order valence-electron chi connectivity index (χ4n) is 5.28. The van der Waals surface area contributed by atoms with Gasteiger partial charge in [-0.2, -0.15) is 0 Å². The molecule has 1 aromatic rings. The Morgan fingerprint density at radius 1 is 0.958 bits per heavy atom. The Hall–Kier alpha value is -0.900. The molecule has 4 rings (SSSR count). The number of benzene rings is 1. The maximum Gasteiger partial charge on any atom is 0.0707 e. The standard InChI is InChI=1S/C21H31NO2/c23-21(18-10-6-1-2-7-11-18)12-19-15-24-16-20(13-21)22(19)14-17-8-4-3-5-9-17/h3-5,8-9,18-20,23H,1-2,6-7,10-16H2. The Kier molecular flexibility index (Phi) is 4.93. The summed E-state index contributed by atoms with van der Waals surface area (Å²) < 4.78 is 5.86. The van der Waals surface area contributed by atoms with E-state index in [9.17, 15) is 5.11 Å². The lowest BCUT2D eigenvalue weighted by Crippen LogP contribution is -2.63. The van der Waals surface area contributed by atoms with Crippen LogP contribution < -0.4 is 0 Å². The normalized spacial score (nSPS) is 35.5. The van der Waals surface area contributed by atoms with Crippen LogP contribution in [0.3, 0.4) is 0 Å². The maximum atomic E-state index is 11.5. The number of rotatable bonds is 3. The highest BCUT2D eigenvalue weighted by Gasteiger charge is 2.49. The summed E-state index contributed by atoms with van der Waals surface area (Å²) in [4.78, 5) is 2.60. The quantitative estimate of drug-likeness (QED) is 0.857. The van der Waals surface area contributed by atoms with Gasteiger partial charge in [0.2, 0.25) is 0 Å². The first-order valence-corrected chi connectivity index (χ1v) is 9.84. The molecule has 2 aliphatic heterocycles. The van der Waals surface area contributed by atoms with E-state index < -0.39 is 5.60 Å². The molecule has 1 saturated carbocycles. The van der Waals surface area contributed by atoms with Crippen LogP contribution in [0.5, 0.6) is 0 Å². The zero-order valence-electron chi connectivity index (χ0n) is 14.7. The molecule has 0 spiro atoms. The maximum absolute atomic E-state index is 11.5. The number of ether oxygens (including phenoxy) is 1. The molecule has 3 nitrogen and oxygen atoms in total. The van der Waals surface area contributed by atoms with Crippen molar-refractivity contribution in [2.75, 3.05) is 13.2 Å². The summed E-state index contributed by atoms with van der Waals surface area (Å²) in [5.41, 5.74) is 0.908. The summed E-state index contributed by atoms with van der Waals surface area (Å²) in [6.07, 6.45) is 9.51. The van der Waals surface area contributed by atoms with Gasteiger partial charge >= 0.3 is 0 Å². The van der Waals surface area contributed by atoms with E-state index in [1.54, 1.807) is 0 Å². The lowest BCUT2D eigenvalue weighted by atomic mass is 9.70. The average molecular weight is 329 g/mol. The molecule has 0 radical (unpaired) electrons. The molecule has 3 heteroatoms. The second-order valence-electron chi connectivity index (χ2n) is 8.20. The van der Waals surface area contributed by atoms with Crippen LogP contribution in [-0.4, -0.2) is 40.9 Å².